The summed E-state index contributed by atoms with van der Waals surface area (Å²) in [5.74, 6) is -4.85. The van der Waals surface area contributed by atoms with Crippen LogP contribution in [-0.2, 0) is 14.8 Å². The van der Waals surface area contributed by atoms with E-state index in [4.69, 9.17) is 5.11 Å². The fourth-order valence-electron chi connectivity index (χ4n) is 1.78. The number of carboxylic acids is 1. The van der Waals surface area contributed by atoms with Gasteiger partial charge >= 0.3 is 11.7 Å². The number of sulfonamides is 1. The van der Waals surface area contributed by atoms with Crippen LogP contribution >= 0.6 is 0 Å². The van der Waals surface area contributed by atoms with Gasteiger partial charge in [-0.25, -0.2) is 8.42 Å². The second-order valence-electron chi connectivity index (χ2n) is 3.77. The summed E-state index contributed by atoms with van der Waals surface area (Å²) in [6.45, 7) is -0.0816. The Bertz CT molecular complexity index is 357. The predicted molar refractivity (Wildman–Crippen MR) is 51.5 cm³/mol. The molecule has 8 heteroatoms. The summed E-state index contributed by atoms with van der Waals surface area (Å²) in [5.41, 5.74) is 0. The van der Waals surface area contributed by atoms with Crippen LogP contribution in [-0.4, -0.2) is 42.6 Å². The van der Waals surface area contributed by atoms with Crippen LogP contribution in [0.5, 0.6) is 0 Å². The first-order valence-corrected chi connectivity index (χ1v) is 6.33. The molecule has 1 aliphatic rings. The Kier molecular flexibility index (Phi) is 4.20. The molecule has 0 saturated carbocycles. The van der Waals surface area contributed by atoms with E-state index in [1.165, 1.54) is 0 Å². The second-order valence-corrected chi connectivity index (χ2v) is 5.67. The molecule has 0 aromatic carbocycles. The molecule has 1 heterocycles. The average Bonchev–Trinajstić information content (AvgIpc) is 2.16. The van der Waals surface area contributed by atoms with E-state index in [0.717, 1.165) is 0 Å². The maximum Gasteiger partial charge on any atom is 0.350 e. The first-order chi connectivity index (χ1) is 7.34. The smallest absolute Gasteiger partial charge is 0.350 e. The van der Waals surface area contributed by atoms with Gasteiger partial charge in [-0.05, 0) is 18.8 Å². The zero-order valence-corrected chi connectivity index (χ0v) is 9.29. The van der Waals surface area contributed by atoms with Crippen LogP contribution in [0.4, 0.5) is 8.78 Å². The highest BCUT2D eigenvalue weighted by atomic mass is 32.2. The van der Waals surface area contributed by atoms with Crippen LogP contribution in [0.25, 0.3) is 0 Å². The highest BCUT2D eigenvalue weighted by molar-refractivity contribution is 7.89. The summed E-state index contributed by atoms with van der Waals surface area (Å²) in [6.07, 6.45) is 0.792. The maximum absolute atomic E-state index is 12.2. The molecule has 0 aromatic heterocycles. The van der Waals surface area contributed by atoms with Crippen LogP contribution in [0.15, 0.2) is 0 Å². The van der Waals surface area contributed by atoms with Crippen molar-refractivity contribution < 1.29 is 27.1 Å². The molecule has 1 unspecified atom stereocenters. The number of nitrogens with zero attached hydrogens (tertiary/aromatic N) is 1. The summed E-state index contributed by atoms with van der Waals surface area (Å²) >= 11 is 0. The normalized spacial score (nSPS) is 23.6. The monoisotopic (exact) mass is 257 g/mol. The molecular weight excluding hydrogens is 244 g/mol. The molecule has 5 nitrogen and oxygen atoms in total. The van der Waals surface area contributed by atoms with Crippen molar-refractivity contribution in [3.8, 4) is 0 Å². The van der Waals surface area contributed by atoms with Crippen molar-refractivity contribution in [2.75, 3.05) is 13.1 Å². The Morgan fingerprint density at radius 1 is 1.50 bits per heavy atom. The van der Waals surface area contributed by atoms with Gasteiger partial charge in [0.25, 0.3) is 10.0 Å². The molecule has 0 aromatic rings. The molecule has 16 heavy (non-hydrogen) atoms. The Morgan fingerprint density at radius 3 is 2.62 bits per heavy atom. The van der Waals surface area contributed by atoms with E-state index in [-0.39, 0.29) is 25.4 Å². The van der Waals surface area contributed by atoms with E-state index in [1.807, 2.05) is 0 Å². The van der Waals surface area contributed by atoms with Gasteiger partial charge in [-0.15, -0.1) is 0 Å². The number of rotatable bonds is 4. The van der Waals surface area contributed by atoms with Gasteiger partial charge in [0.2, 0.25) is 0 Å². The molecule has 1 atom stereocenters. The second kappa shape index (κ2) is 5.05. The molecule has 0 bridgehead atoms. The molecular formula is C8H13F2NO4S. The molecule has 0 amide bonds. The number of carbonyl (C=O) groups is 1. The standard InChI is InChI=1S/C8H13F2NO4S/c9-8(10)16(14,15)11-3-1-2-6(5-11)4-7(12)13/h6,8H,1-5H2,(H,12,13). The summed E-state index contributed by atoms with van der Waals surface area (Å²) in [7, 11) is -4.56. The summed E-state index contributed by atoms with van der Waals surface area (Å²) in [6, 6.07) is 0. The van der Waals surface area contributed by atoms with Gasteiger partial charge < -0.3 is 5.11 Å². The number of hydrogen-bond donors (Lipinski definition) is 1. The molecule has 94 valence electrons. The molecule has 1 N–H and O–H groups in total. The van der Waals surface area contributed by atoms with Crippen LogP contribution in [0.3, 0.4) is 0 Å². The molecule has 0 spiro atoms. The van der Waals surface area contributed by atoms with Crippen LogP contribution in [0, 0.1) is 5.92 Å². The third kappa shape index (κ3) is 3.11. The Morgan fingerprint density at radius 2 is 2.12 bits per heavy atom. The first-order valence-electron chi connectivity index (χ1n) is 4.83. The number of carboxylic acid groups (broad SMARTS) is 1. The minimum atomic E-state index is -4.56. The van der Waals surface area contributed by atoms with Crippen molar-refractivity contribution in [2.45, 2.75) is 25.0 Å². The molecule has 0 aliphatic carbocycles. The summed E-state index contributed by atoms with van der Waals surface area (Å²) in [4.78, 5) is 10.4. The largest absolute Gasteiger partial charge is 0.481 e. The van der Waals surface area contributed by atoms with E-state index in [1.54, 1.807) is 0 Å². The van der Waals surface area contributed by atoms with Crippen molar-refractivity contribution in [2.24, 2.45) is 5.92 Å². The zero-order chi connectivity index (χ0) is 12.3. The third-order valence-corrected chi connectivity index (χ3v) is 4.03. The summed E-state index contributed by atoms with van der Waals surface area (Å²) in [5, 5.41) is 8.55. The van der Waals surface area contributed by atoms with Gasteiger partial charge in [0.1, 0.15) is 0 Å². The number of hydrogen-bond acceptors (Lipinski definition) is 3. The van der Waals surface area contributed by atoms with Crippen LogP contribution in [0.1, 0.15) is 19.3 Å². The van der Waals surface area contributed by atoms with Crippen LogP contribution < -0.4 is 0 Å². The Balaban J connectivity index is 2.67. The van der Waals surface area contributed by atoms with E-state index in [9.17, 15) is 22.0 Å². The van der Waals surface area contributed by atoms with Crippen molar-refractivity contribution in [3.63, 3.8) is 0 Å². The lowest BCUT2D eigenvalue weighted by atomic mass is 9.96. The SMILES string of the molecule is O=C(O)CC1CCCN(S(=O)(=O)C(F)F)C1. The van der Waals surface area contributed by atoms with Crippen molar-refractivity contribution >= 4 is 16.0 Å². The topological polar surface area (TPSA) is 74.7 Å². The molecule has 1 fully saturated rings. The van der Waals surface area contributed by atoms with Gasteiger partial charge in [0, 0.05) is 19.5 Å². The highest BCUT2D eigenvalue weighted by Crippen LogP contribution is 2.24. The van der Waals surface area contributed by atoms with Crippen molar-refractivity contribution in [3.05, 3.63) is 0 Å². The zero-order valence-electron chi connectivity index (χ0n) is 8.47. The van der Waals surface area contributed by atoms with Gasteiger partial charge in [-0.3, -0.25) is 4.79 Å². The summed E-state index contributed by atoms with van der Waals surface area (Å²) < 4.78 is 47.5. The number of halogens is 2. The third-order valence-electron chi connectivity index (χ3n) is 2.53. The van der Waals surface area contributed by atoms with E-state index >= 15 is 0 Å². The predicted octanol–water partition coefficient (Wildman–Crippen LogP) is 0.726. The van der Waals surface area contributed by atoms with Crippen molar-refractivity contribution in [1.82, 2.24) is 4.31 Å². The van der Waals surface area contributed by atoms with E-state index < -0.39 is 21.8 Å². The lowest BCUT2D eigenvalue weighted by molar-refractivity contribution is -0.138. The number of alkyl halides is 2. The van der Waals surface area contributed by atoms with E-state index in [0.29, 0.717) is 17.1 Å². The maximum atomic E-state index is 12.2. The molecule has 1 aliphatic heterocycles. The van der Waals surface area contributed by atoms with Crippen LogP contribution in [0.2, 0.25) is 0 Å². The first kappa shape index (κ1) is 13.3. The molecule has 1 rings (SSSR count). The Hall–Kier alpha value is -0.760. The lowest BCUT2D eigenvalue weighted by Crippen LogP contribution is -2.42. The average molecular weight is 257 g/mol. The van der Waals surface area contributed by atoms with Gasteiger partial charge in [-0.1, -0.05) is 0 Å². The van der Waals surface area contributed by atoms with Gasteiger partial charge in [0.15, 0.2) is 0 Å². The van der Waals surface area contributed by atoms with E-state index in [2.05, 4.69) is 0 Å². The minimum Gasteiger partial charge on any atom is -0.481 e. The number of piperidine rings is 1. The fraction of sp³-hybridized carbons (Fsp3) is 0.875. The molecule has 0 radical (unpaired) electrons. The van der Waals surface area contributed by atoms with Crippen molar-refractivity contribution in [1.29, 1.82) is 0 Å². The Labute approximate surface area is 92.1 Å². The molecule has 1 saturated heterocycles. The highest BCUT2D eigenvalue weighted by Gasteiger charge is 2.35. The quantitative estimate of drug-likeness (QED) is 0.805. The fourth-order valence-corrected chi connectivity index (χ4v) is 2.81. The van der Waals surface area contributed by atoms with Gasteiger partial charge in [-0.2, -0.15) is 13.1 Å². The lowest BCUT2D eigenvalue weighted by Gasteiger charge is -2.30. The minimum absolute atomic E-state index is 0.0444. The number of aliphatic carboxylic acids is 1. The van der Waals surface area contributed by atoms with Gasteiger partial charge in [0.05, 0.1) is 0 Å².